The van der Waals surface area contributed by atoms with Crippen LogP contribution in [0.4, 0.5) is 5.69 Å². The number of nitrogens with zero attached hydrogens (tertiary/aromatic N) is 1. The Labute approximate surface area is 120 Å². The number of hydrogen-bond donors (Lipinski definition) is 1. The Bertz CT molecular complexity index is 605. The highest BCUT2D eigenvalue weighted by Gasteiger charge is 2.26. The van der Waals surface area contributed by atoms with E-state index in [1.807, 2.05) is 6.92 Å². The molecule has 1 amide bonds. The predicted molar refractivity (Wildman–Crippen MR) is 78.1 cm³/mol. The fourth-order valence-corrected chi connectivity index (χ4v) is 3.88. The minimum absolute atomic E-state index is 0.208. The molecular weight excluding hydrogens is 276 g/mol. The maximum Gasteiger partial charge on any atom is 0.243 e. The summed E-state index contributed by atoms with van der Waals surface area (Å²) < 4.78 is 26.6. The van der Waals surface area contributed by atoms with E-state index in [1.165, 1.54) is 11.2 Å². The number of amides is 1. The molecule has 1 saturated heterocycles. The van der Waals surface area contributed by atoms with Crippen LogP contribution in [-0.2, 0) is 14.8 Å². The molecule has 1 fully saturated rings. The van der Waals surface area contributed by atoms with Gasteiger partial charge in [-0.25, -0.2) is 8.42 Å². The lowest BCUT2D eigenvalue weighted by molar-refractivity contribution is -0.114. The van der Waals surface area contributed by atoms with Gasteiger partial charge in [0.1, 0.15) is 0 Å². The zero-order valence-electron chi connectivity index (χ0n) is 11.8. The molecule has 0 atom stereocenters. The monoisotopic (exact) mass is 296 g/mol. The maximum absolute atomic E-state index is 12.5. The molecular formula is C14H20N2O3S. The van der Waals surface area contributed by atoms with Gasteiger partial charge in [0.15, 0.2) is 0 Å². The van der Waals surface area contributed by atoms with Crippen LogP contribution in [0.15, 0.2) is 23.1 Å². The highest BCUT2D eigenvalue weighted by atomic mass is 32.2. The van der Waals surface area contributed by atoms with Gasteiger partial charge in [0, 0.05) is 25.7 Å². The molecule has 0 saturated carbocycles. The van der Waals surface area contributed by atoms with Crippen molar-refractivity contribution in [3.63, 3.8) is 0 Å². The highest BCUT2D eigenvalue weighted by molar-refractivity contribution is 7.89. The molecule has 0 aromatic heterocycles. The van der Waals surface area contributed by atoms with Crippen molar-refractivity contribution in [1.82, 2.24) is 4.31 Å². The van der Waals surface area contributed by atoms with E-state index in [4.69, 9.17) is 0 Å². The van der Waals surface area contributed by atoms with Gasteiger partial charge in [-0.2, -0.15) is 4.31 Å². The van der Waals surface area contributed by atoms with Crippen molar-refractivity contribution in [2.24, 2.45) is 0 Å². The molecule has 5 nitrogen and oxygen atoms in total. The first-order valence-corrected chi connectivity index (χ1v) is 8.23. The molecule has 2 rings (SSSR count). The third kappa shape index (κ3) is 3.19. The topological polar surface area (TPSA) is 66.5 Å². The second kappa shape index (κ2) is 5.93. The number of piperidine rings is 1. The van der Waals surface area contributed by atoms with E-state index in [-0.39, 0.29) is 10.8 Å². The van der Waals surface area contributed by atoms with Gasteiger partial charge in [-0.3, -0.25) is 4.79 Å². The molecule has 0 bridgehead atoms. The van der Waals surface area contributed by atoms with Crippen LogP contribution in [0.1, 0.15) is 31.7 Å². The van der Waals surface area contributed by atoms with Crippen LogP contribution in [0.2, 0.25) is 0 Å². The number of sulfonamides is 1. The Balaban J connectivity index is 2.33. The maximum atomic E-state index is 12.5. The highest BCUT2D eigenvalue weighted by Crippen LogP contribution is 2.25. The van der Waals surface area contributed by atoms with Gasteiger partial charge in [-0.1, -0.05) is 12.5 Å². The van der Waals surface area contributed by atoms with Crippen LogP contribution >= 0.6 is 0 Å². The van der Waals surface area contributed by atoms with Crippen molar-refractivity contribution in [1.29, 1.82) is 0 Å². The normalized spacial score (nSPS) is 16.9. The summed E-state index contributed by atoms with van der Waals surface area (Å²) in [5.41, 5.74) is 1.40. The van der Waals surface area contributed by atoms with Crippen molar-refractivity contribution in [2.45, 2.75) is 38.0 Å². The number of nitrogens with one attached hydrogen (secondary N) is 1. The Morgan fingerprint density at radius 1 is 1.20 bits per heavy atom. The van der Waals surface area contributed by atoms with Gasteiger partial charge in [0.2, 0.25) is 15.9 Å². The van der Waals surface area contributed by atoms with Crippen LogP contribution in [0.3, 0.4) is 0 Å². The molecule has 20 heavy (non-hydrogen) atoms. The molecule has 1 aliphatic rings. The molecule has 1 aromatic rings. The third-order valence-corrected chi connectivity index (χ3v) is 5.37. The fraction of sp³-hybridized carbons (Fsp3) is 0.500. The second-order valence-electron chi connectivity index (χ2n) is 5.12. The molecule has 1 N–H and O–H groups in total. The zero-order valence-corrected chi connectivity index (χ0v) is 12.7. The van der Waals surface area contributed by atoms with Crippen molar-refractivity contribution in [2.75, 3.05) is 18.4 Å². The average molecular weight is 296 g/mol. The van der Waals surface area contributed by atoms with E-state index in [1.54, 1.807) is 18.2 Å². The van der Waals surface area contributed by atoms with Crippen LogP contribution < -0.4 is 5.32 Å². The number of rotatable bonds is 3. The predicted octanol–water partition coefficient (Wildman–Crippen LogP) is 2.13. The Hall–Kier alpha value is -1.40. The minimum atomic E-state index is -3.46. The summed E-state index contributed by atoms with van der Waals surface area (Å²) in [6.07, 6.45) is 2.89. The number of hydrogen-bond acceptors (Lipinski definition) is 3. The average Bonchev–Trinajstić information content (AvgIpc) is 2.41. The van der Waals surface area contributed by atoms with E-state index in [0.717, 1.165) is 24.8 Å². The first-order valence-electron chi connectivity index (χ1n) is 6.79. The molecule has 1 aliphatic heterocycles. The van der Waals surface area contributed by atoms with Gasteiger partial charge >= 0.3 is 0 Å². The molecule has 1 aromatic carbocycles. The van der Waals surface area contributed by atoms with E-state index >= 15 is 0 Å². The second-order valence-corrected chi connectivity index (χ2v) is 7.06. The van der Waals surface area contributed by atoms with Crippen LogP contribution in [0.5, 0.6) is 0 Å². The van der Waals surface area contributed by atoms with E-state index < -0.39 is 10.0 Å². The van der Waals surface area contributed by atoms with Crippen LogP contribution in [-0.4, -0.2) is 31.7 Å². The molecule has 1 heterocycles. The lowest BCUT2D eigenvalue weighted by Gasteiger charge is -2.26. The summed E-state index contributed by atoms with van der Waals surface area (Å²) in [6.45, 7) is 4.39. The van der Waals surface area contributed by atoms with Gasteiger partial charge < -0.3 is 5.32 Å². The Kier molecular flexibility index (Phi) is 4.45. The summed E-state index contributed by atoms with van der Waals surface area (Å²) in [5, 5.41) is 2.67. The van der Waals surface area contributed by atoms with Crippen molar-refractivity contribution >= 4 is 21.6 Å². The molecule has 110 valence electrons. The van der Waals surface area contributed by atoms with Crippen LogP contribution in [0, 0.1) is 6.92 Å². The van der Waals surface area contributed by atoms with Gasteiger partial charge in [0.05, 0.1) is 4.90 Å². The number of carbonyl (C=O) groups excluding carboxylic acids is 1. The number of carbonyl (C=O) groups is 1. The van der Waals surface area contributed by atoms with Crippen molar-refractivity contribution in [3.05, 3.63) is 23.8 Å². The number of aryl methyl sites for hydroxylation is 1. The van der Waals surface area contributed by atoms with E-state index in [0.29, 0.717) is 18.8 Å². The summed E-state index contributed by atoms with van der Waals surface area (Å²) in [6, 6.07) is 4.87. The smallest absolute Gasteiger partial charge is 0.243 e. The molecule has 6 heteroatoms. The SMILES string of the molecule is CC(=O)Nc1cc(S(=O)(=O)N2CCCCC2)ccc1C. The standard InChI is InChI=1S/C14H20N2O3S/c1-11-6-7-13(10-14(11)15-12(2)17)20(18,19)16-8-4-3-5-9-16/h6-7,10H,3-5,8-9H2,1-2H3,(H,15,17). The molecule has 0 unspecified atom stereocenters. The van der Waals surface area contributed by atoms with Crippen LogP contribution in [0.25, 0.3) is 0 Å². The number of anilines is 1. The van der Waals surface area contributed by atoms with E-state index in [9.17, 15) is 13.2 Å². The fourth-order valence-electron chi connectivity index (χ4n) is 2.34. The van der Waals surface area contributed by atoms with Crippen molar-refractivity contribution < 1.29 is 13.2 Å². The van der Waals surface area contributed by atoms with Gasteiger partial charge in [-0.15, -0.1) is 0 Å². The lowest BCUT2D eigenvalue weighted by Crippen LogP contribution is -2.35. The summed E-state index contributed by atoms with van der Waals surface area (Å²) in [4.78, 5) is 11.4. The first kappa shape index (κ1) is 15.0. The first-order chi connectivity index (χ1) is 9.41. The minimum Gasteiger partial charge on any atom is -0.326 e. The molecule has 0 aliphatic carbocycles. The molecule has 0 radical (unpaired) electrons. The van der Waals surface area contributed by atoms with E-state index in [2.05, 4.69) is 5.32 Å². The Morgan fingerprint density at radius 3 is 2.45 bits per heavy atom. The van der Waals surface area contributed by atoms with Gasteiger partial charge in [0.25, 0.3) is 0 Å². The quantitative estimate of drug-likeness (QED) is 0.929. The zero-order chi connectivity index (χ0) is 14.8. The largest absolute Gasteiger partial charge is 0.326 e. The number of benzene rings is 1. The molecule has 0 spiro atoms. The van der Waals surface area contributed by atoms with Gasteiger partial charge in [-0.05, 0) is 37.5 Å². The Morgan fingerprint density at radius 2 is 1.85 bits per heavy atom. The summed E-state index contributed by atoms with van der Waals surface area (Å²) in [7, 11) is -3.46. The third-order valence-electron chi connectivity index (χ3n) is 3.47. The summed E-state index contributed by atoms with van der Waals surface area (Å²) >= 11 is 0. The lowest BCUT2D eigenvalue weighted by atomic mass is 10.2. The van der Waals surface area contributed by atoms with Crippen molar-refractivity contribution in [3.8, 4) is 0 Å². The summed E-state index contributed by atoms with van der Waals surface area (Å²) in [5.74, 6) is -0.208.